The quantitative estimate of drug-likeness (QED) is 0.757. The van der Waals surface area contributed by atoms with Crippen molar-refractivity contribution in [2.24, 2.45) is 0 Å². The standard InChI is InChI=1S/C14H10N4O2/c19-14(20)11-7-17-12-4-2-1-3-10(12)13(11)18-9-5-15-8-16-6-9/h1-8H,(H,17,18)(H,19,20). The van der Waals surface area contributed by atoms with Crippen molar-refractivity contribution in [2.45, 2.75) is 0 Å². The van der Waals surface area contributed by atoms with Crippen molar-refractivity contribution in [1.82, 2.24) is 15.0 Å². The van der Waals surface area contributed by atoms with E-state index in [1.807, 2.05) is 24.3 Å². The number of hydrogen-bond acceptors (Lipinski definition) is 5. The number of aromatic carboxylic acids is 1. The number of hydrogen-bond donors (Lipinski definition) is 2. The van der Waals surface area contributed by atoms with Gasteiger partial charge in [0, 0.05) is 11.6 Å². The number of rotatable bonds is 3. The van der Waals surface area contributed by atoms with Crippen LogP contribution in [0.25, 0.3) is 10.9 Å². The highest BCUT2D eigenvalue weighted by molar-refractivity contribution is 6.05. The van der Waals surface area contributed by atoms with E-state index in [1.54, 1.807) is 12.4 Å². The molecule has 1 aromatic carbocycles. The van der Waals surface area contributed by atoms with E-state index in [0.29, 0.717) is 11.4 Å². The van der Waals surface area contributed by atoms with E-state index in [9.17, 15) is 9.90 Å². The van der Waals surface area contributed by atoms with E-state index in [-0.39, 0.29) is 5.56 Å². The van der Waals surface area contributed by atoms with Crippen LogP contribution in [0.2, 0.25) is 0 Å². The number of carbonyl (C=O) groups is 1. The molecule has 0 bridgehead atoms. The molecule has 2 N–H and O–H groups in total. The zero-order valence-corrected chi connectivity index (χ0v) is 10.3. The summed E-state index contributed by atoms with van der Waals surface area (Å²) in [5, 5.41) is 13.1. The number of pyridine rings is 1. The number of para-hydroxylation sites is 1. The van der Waals surface area contributed by atoms with Crippen LogP contribution in [-0.2, 0) is 0 Å². The monoisotopic (exact) mass is 266 g/mol. The Morgan fingerprint density at radius 3 is 2.60 bits per heavy atom. The average molecular weight is 266 g/mol. The number of carboxylic acid groups (broad SMARTS) is 1. The van der Waals surface area contributed by atoms with Gasteiger partial charge in [0.2, 0.25) is 0 Å². The molecule has 20 heavy (non-hydrogen) atoms. The van der Waals surface area contributed by atoms with E-state index in [2.05, 4.69) is 20.3 Å². The Labute approximate surface area is 114 Å². The fourth-order valence-corrected chi connectivity index (χ4v) is 1.95. The van der Waals surface area contributed by atoms with Gasteiger partial charge in [0.25, 0.3) is 0 Å². The summed E-state index contributed by atoms with van der Waals surface area (Å²) in [5.41, 5.74) is 1.92. The largest absolute Gasteiger partial charge is 0.478 e. The molecule has 0 aliphatic rings. The lowest BCUT2D eigenvalue weighted by Gasteiger charge is -2.11. The Kier molecular flexibility index (Phi) is 2.96. The lowest BCUT2D eigenvalue weighted by Crippen LogP contribution is -2.05. The maximum absolute atomic E-state index is 11.3. The number of carboxylic acids is 1. The number of anilines is 2. The Hall–Kier alpha value is -3.02. The number of benzene rings is 1. The first-order chi connectivity index (χ1) is 9.75. The van der Waals surface area contributed by atoms with Crippen LogP contribution in [0.4, 0.5) is 11.4 Å². The molecule has 0 amide bonds. The summed E-state index contributed by atoms with van der Waals surface area (Å²) in [6.45, 7) is 0. The lowest BCUT2D eigenvalue weighted by atomic mass is 10.1. The number of nitrogens with one attached hydrogen (secondary N) is 1. The predicted molar refractivity (Wildman–Crippen MR) is 74.0 cm³/mol. The van der Waals surface area contributed by atoms with Crippen molar-refractivity contribution in [3.63, 3.8) is 0 Å². The molecular formula is C14H10N4O2. The zero-order chi connectivity index (χ0) is 13.9. The molecule has 98 valence electrons. The molecule has 0 aliphatic heterocycles. The van der Waals surface area contributed by atoms with Gasteiger partial charge in [0.05, 0.1) is 29.3 Å². The Morgan fingerprint density at radius 1 is 1.10 bits per heavy atom. The van der Waals surface area contributed by atoms with Crippen LogP contribution < -0.4 is 5.32 Å². The summed E-state index contributed by atoms with van der Waals surface area (Å²) in [4.78, 5) is 23.3. The van der Waals surface area contributed by atoms with Gasteiger partial charge in [-0.25, -0.2) is 14.8 Å². The van der Waals surface area contributed by atoms with Crippen molar-refractivity contribution >= 4 is 28.2 Å². The van der Waals surface area contributed by atoms with Gasteiger partial charge >= 0.3 is 5.97 Å². The molecule has 2 heterocycles. The third-order valence-corrected chi connectivity index (χ3v) is 2.84. The van der Waals surface area contributed by atoms with Crippen molar-refractivity contribution in [1.29, 1.82) is 0 Å². The summed E-state index contributed by atoms with van der Waals surface area (Å²) < 4.78 is 0. The fraction of sp³-hybridized carbons (Fsp3) is 0. The second kappa shape index (κ2) is 4.93. The molecule has 3 rings (SSSR count). The summed E-state index contributed by atoms with van der Waals surface area (Å²) in [5.74, 6) is -1.04. The minimum Gasteiger partial charge on any atom is -0.478 e. The van der Waals surface area contributed by atoms with E-state index in [0.717, 1.165) is 10.9 Å². The molecule has 6 nitrogen and oxygen atoms in total. The Bertz CT molecular complexity index is 774. The molecule has 0 aliphatic carbocycles. The first-order valence-corrected chi connectivity index (χ1v) is 5.89. The first kappa shape index (κ1) is 12.0. The second-order valence-electron chi connectivity index (χ2n) is 4.12. The van der Waals surface area contributed by atoms with Gasteiger partial charge in [-0.15, -0.1) is 0 Å². The maximum atomic E-state index is 11.3. The summed E-state index contributed by atoms with van der Waals surface area (Å²) in [6.07, 6.45) is 5.91. The van der Waals surface area contributed by atoms with Gasteiger partial charge in [-0.2, -0.15) is 0 Å². The van der Waals surface area contributed by atoms with Gasteiger partial charge in [0.15, 0.2) is 0 Å². The summed E-state index contributed by atoms with van der Waals surface area (Å²) in [6, 6.07) is 7.34. The van der Waals surface area contributed by atoms with Crippen molar-refractivity contribution in [2.75, 3.05) is 5.32 Å². The summed E-state index contributed by atoms with van der Waals surface area (Å²) >= 11 is 0. The minimum atomic E-state index is -1.04. The Morgan fingerprint density at radius 2 is 1.85 bits per heavy atom. The van der Waals surface area contributed by atoms with Crippen molar-refractivity contribution < 1.29 is 9.90 Å². The second-order valence-corrected chi connectivity index (χ2v) is 4.12. The maximum Gasteiger partial charge on any atom is 0.339 e. The van der Waals surface area contributed by atoms with Crippen LogP contribution >= 0.6 is 0 Å². The molecule has 0 radical (unpaired) electrons. The molecule has 2 aromatic heterocycles. The molecular weight excluding hydrogens is 256 g/mol. The van der Waals surface area contributed by atoms with Crippen LogP contribution in [-0.4, -0.2) is 26.0 Å². The highest BCUT2D eigenvalue weighted by Crippen LogP contribution is 2.28. The number of aromatic nitrogens is 3. The van der Waals surface area contributed by atoms with E-state index in [1.165, 1.54) is 12.5 Å². The van der Waals surface area contributed by atoms with Gasteiger partial charge in [0.1, 0.15) is 11.9 Å². The van der Waals surface area contributed by atoms with Crippen molar-refractivity contribution in [3.8, 4) is 0 Å². The molecule has 0 saturated heterocycles. The van der Waals surface area contributed by atoms with Gasteiger partial charge in [-0.3, -0.25) is 4.98 Å². The first-order valence-electron chi connectivity index (χ1n) is 5.89. The van der Waals surface area contributed by atoms with Crippen LogP contribution in [0.3, 0.4) is 0 Å². The topological polar surface area (TPSA) is 88.0 Å². The number of nitrogens with zero attached hydrogens (tertiary/aromatic N) is 3. The molecule has 0 spiro atoms. The van der Waals surface area contributed by atoms with Crippen LogP contribution in [0.15, 0.2) is 49.2 Å². The zero-order valence-electron chi connectivity index (χ0n) is 10.3. The molecule has 3 aromatic rings. The van der Waals surface area contributed by atoms with Crippen LogP contribution in [0.1, 0.15) is 10.4 Å². The fourth-order valence-electron chi connectivity index (χ4n) is 1.95. The van der Waals surface area contributed by atoms with Crippen LogP contribution in [0, 0.1) is 0 Å². The van der Waals surface area contributed by atoms with Crippen LogP contribution in [0.5, 0.6) is 0 Å². The van der Waals surface area contributed by atoms with Gasteiger partial charge in [-0.05, 0) is 6.07 Å². The smallest absolute Gasteiger partial charge is 0.339 e. The summed E-state index contributed by atoms with van der Waals surface area (Å²) in [7, 11) is 0. The molecule has 6 heteroatoms. The van der Waals surface area contributed by atoms with Crippen molar-refractivity contribution in [3.05, 3.63) is 54.7 Å². The third-order valence-electron chi connectivity index (χ3n) is 2.84. The molecule has 0 unspecified atom stereocenters. The molecule has 0 atom stereocenters. The van der Waals surface area contributed by atoms with E-state index >= 15 is 0 Å². The average Bonchev–Trinajstić information content (AvgIpc) is 2.48. The van der Waals surface area contributed by atoms with E-state index < -0.39 is 5.97 Å². The SMILES string of the molecule is O=C(O)c1cnc2ccccc2c1Nc1cncnc1. The van der Waals surface area contributed by atoms with Gasteiger partial charge < -0.3 is 10.4 Å². The lowest BCUT2D eigenvalue weighted by molar-refractivity contribution is 0.0697. The minimum absolute atomic E-state index is 0.104. The third kappa shape index (κ3) is 2.14. The normalized spacial score (nSPS) is 10.4. The number of fused-ring (bicyclic) bond motifs is 1. The highest BCUT2D eigenvalue weighted by atomic mass is 16.4. The van der Waals surface area contributed by atoms with E-state index in [4.69, 9.17) is 0 Å². The predicted octanol–water partition coefficient (Wildman–Crippen LogP) is 2.47. The molecule has 0 saturated carbocycles. The van der Waals surface area contributed by atoms with Gasteiger partial charge in [-0.1, -0.05) is 18.2 Å². The molecule has 0 fully saturated rings. The Balaban J connectivity index is 2.20. The highest BCUT2D eigenvalue weighted by Gasteiger charge is 2.14.